The lowest BCUT2D eigenvalue weighted by atomic mass is 9.88. The predicted molar refractivity (Wildman–Crippen MR) is 84.3 cm³/mol. The van der Waals surface area contributed by atoms with Crippen LogP contribution in [-0.4, -0.2) is 38.5 Å². The summed E-state index contributed by atoms with van der Waals surface area (Å²) in [5, 5.41) is 5.79. The lowest BCUT2D eigenvalue weighted by Gasteiger charge is -2.50. The smallest absolute Gasteiger partial charge is 0.193 e. The Balaban J connectivity index is 1.81. The third-order valence-corrected chi connectivity index (χ3v) is 5.39. The number of imidazole rings is 1. The molecule has 0 radical (unpaired) electrons. The zero-order valence-electron chi connectivity index (χ0n) is 12.8. The van der Waals surface area contributed by atoms with Gasteiger partial charge in [-0.3, -0.25) is 9.30 Å². The molecule has 0 aliphatic carbocycles. The number of hydrogen-bond acceptors (Lipinski definition) is 4. The first kappa shape index (κ1) is 14.0. The summed E-state index contributed by atoms with van der Waals surface area (Å²) in [5.41, 5.74) is 1.56. The van der Waals surface area contributed by atoms with Crippen LogP contribution < -0.4 is 5.32 Å². The molecule has 3 rings (SSSR count). The van der Waals surface area contributed by atoms with E-state index in [1.54, 1.807) is 11.3 Å². The molecule has 1 N–H and O–H groups in total. The van der Waals surface area contributed by atoms with E-state index >= 15 is 0 Å². The number of fused-ring (bicyclic) bond motifs is 1. The third-order valence-electron chi connectivity index (χ3n) is 4.62. The van der Waals surface area contributed by atoms with Crippen LogP contribution in [0.25, 0.3) is 4.96 Å². The highest BCUT2D eigenvalue weighted by atomic mass is 32.1. The molecule has 1 aliphatic heterocycles. The van der Waals surface area contributed by atoms with Crippen LogP contribution in [0.3, 0.4) is 0 Å². The SMILES string of the molecule is CCC1(C)CN(Cc2cn3ccsc3n2)C(C)(C)CN1. The molecule has 4 nitrogen and oxygen atoms in total. The zero-order chi connectivity index (χ0) is 14.4. The van der Waals surface area contributed by atoms with E-state index in [9.17, 15) is 0 Å². The molecule has 5 heteroatoms. The number of aromatic nitrogens is 2. The van der Waals surface area contributed by atoms with Gasteiger partial charge in [-0.25, -0.2) is 4.98 Å². The quantitative estimate of drug-likeness (QED) is 0.944. The van der Waals surface area contributed by atoms with Gasteiger partial charge in [0.1, 0.15) is 0 Å². The van der Waals surface area contributed by atoms with Crippen molar-refractivity contribution < 1.29 is 0 Å². The molecular weight excluding hydrogens is 268 g/mol. The zero-order valence-corrected chi connectivity index (χ0v) is 13.6. The molecule has 0 amide bonds. The maximum atomic E-state index is 4.73. The molecule has 0 spiro atoms. The minimum absolute atomic E-state index is 0.172. The van der Waals surface area contributed by atoms with Crippen LogP contribution in [0.4, 0.5) is 0 Å². The van der Waals surface area contributed by atoms with Gasteiger partial charge in [-0.2, -0.15) is 0 Å². The first-order valence-electron chi connectivity index (χ1n) is 7.33. The number of thiazole rings is 1. The summed E-state index contributed by atoms with van der Waals surface area (Å²) in [4.78, 5) is 8.38. The van der Waals surface area contributed by atoms with E-state index in [1.807, 2.05) is 0 Å². The standard InChI is InChI=1S/C15H24N4S/c1-5-15(4)11-19(14(2,3)10-16-15)9-12-8-18-6-7-20-13(18)17-12/h6-8,16H,5,9-11H2,1-4H3. The number of piperazine rings is 1. The highest BCUT2D eigenvalue weighted by molar-refractivity contribution is 7.15. The van der Waals surface area contributed by atoms with Crippen molar-refractivity contribution in [2.75, 3.05) is 13.1 Å². The summed E-state index contributed by atoms with van der Waals surface area (Å²) in [7, 11) is 0. The molecule has 2 aromatic rings. The van der Waals surface area contributed by atoms with Crippen LogP contribution in [0, 0.1) is 0 Å². The van der Waals surface area contributed by atoms with Crippen molar-refractivity contribution in [3.8, 4) is 0 Å². The van der Waals surface area contributed by atoms with Gasteiger partial charge in [-0.1, -0.05) is 6.92 Å². The summed E-state index contributed by atoms with van der Waals surface area (Å²) in [6.45, 7) is 12.2. The minimum atomic E-state index is 0.172. The Kier molecular flexibility index (Phi) is 3.39. The molecule has 1 aliphatic rings. The molecule has 2 aromatic heterocycles. The summed E-state index contributed by atoms with van der Waals surface area (Å²) in [5.74, 6) is 0. The van der Waals surface area contributed by atoms with Crippen LogP contribution in [0.2, 0.25) is 0 Å². The van der Waals surface area contributed by atoms with E-state index in [2.05, 4.69) is 60.1 Å². The van der Waals surface area contributed by atoms with Gasteiger partial charge in [-0.15, -0.1) is 11.3 Å². The number of nitrogens with one attached hydrogen (secondary N) is 1. The first-order chi connectivity index (χ1) is 9.42. The minimum Gasteiger partial charge on any atom is -0.308 e. The summed E-state index contributed by atoms with van der Waals surface area (Å²) in [6, 6.07) is 0. The second-order valence-corrected chi connectivity index (χ2v) is 7.63. The van der Waals surface area contributed by atoms with Crippen LogP contribution >= 0.6 is 11.3 Å². The van der Waals surface area contributed by atoms with Gasteiger partial charge in [0.25, 0.3) is 0 Å². The van der Waals surface area contributed by atoms with Crippen LogP contribution in [0.5, 0.6) is 0 Å². The highest BCUT2D eigenvalue weighted by Crippen LogP contribution is 2.27. The normalized spacial score (nSPS) is 27.2. The van der Waals surface area contributed by atoms with Gasteiger partial charge in [0.05, 0.1) is 5.69 Å². The Morgan fingerprint density at radius 2 is 2.20 bits per heavy atom. The average molecular weight is 292 g/mol. The van der Waals surface area contributed by atoms with Gasteiger partial charge in [-0.05, 0) is 27.2 Å². The largest absolute Gasteiger partial charge is 0.308 e. The fourth-order valence-electron chi connectivity index (χ4n) is 2.79. The van der Waals surface area contributed by atoms with Crippen molar-refractivity contribution in [3.05, 3.63) is 23.5 Å². The highest BCUT2D eigenvalue weighted by Gasteiger charge is 2.39. The Hall–Kier alpha value is -0.910. The van der Waals surface area contributed by atoms with Crippen molar-refractivity contribution >= 4 is 16.3 Å². The second kappa shape index (κ2) is 4.83. The monoisotopic (exact) mass is 292 g/mol. The maximum Gasteiger partial charge on any atom is 0.193 e. The van der Waals surface area contributed by atoms with Crippen molar-refractivity contribution in [2.45, 2.75) is 51.7 Å². The third kappa shape index (κ3) is 2.50. The molecule has 3 heterocycles. The van der Waals surface area contributed by atoms with Crippen LogP contribution in [0.15, 0.2) is 17.8 Å². The van der Waals surface area contributed by atoms with E-state index in [0.29, 0.717) is 0 Å². The second-order valence-electron chi connectivity index (χ2n) is 6.76. The molecular formula is C15H24N4S. The number of hydrogen-bond donors (Lipinski definition) is 1. The Morgan fingerprint density at radius 3 is 2.90 bits per heavy atom. The van der Waals surface area contributed by atoms with Crippen molar-refractivity contribution in [3.63, 3.8) is 0 Å². The molecule has 1 fully saturated rings. The number of nitrogens with zero attached hydrogens (tertiary/aromatic N) is 3. The van der Waals surface area contributed by atoms with E-state index in [-0.39, 0.29) is 11.1 Å². The predicted octanol–water partition coefficient (Wildman–Crippen LogP) is 2.75. The summed E-state index contributed by atoms with van der Waals surface area (Å²) in [6.07, 6.45) is 5.39. The van der Waals surface area contributed by atoms with Crippen molar-refractivity contribution in [2.24, 2.45) is 0 Å². The van der Waals surface area contributed by atoms with Crippen molar-refractivity contribution in [1.82, 2.24) is 19.6 Å². The van der Waals surface area contributed by atoms with E-state index in [4.69, 9.17) is 4.98 Å². The molecule has 20 heavy (non-hydrogen) atoms. The van der Waals surface area contributed by atoms with Gasteiger partial charge < -0.3 is 5.32 Å². The molecule has 110 valence electrons. The molecule has 1 atom stereocenters. The topological polar surface area (TPSA) is 32.6 Å². The Bertz CT molecular complexity index is 571. The van der Waals surface area contributed by atoms with Crippen LogP contribution in [-0.2, 0) is 6.54 Å². The molecule has 1 unspecified atom stereocenters. The average Bonchev–Trinajstić information content (AvgIpc) is 2.95. The summed E-state index contributed by atoms with van der Waals surface area (Å²) < 4.78 is 2.12. The number of rotatable bonds is 3. The van der Waals surface area contributed by atoms with E-state index in [0.717, 1.165) is 31.0 Å². The van der Waals surface area contributed by atoms with Crippen molar-refractivity contribution in [1.29, 1.82) is 0 Å². The van der Waals surface area contributed by atoms with Gasteiger partial charge in [0.2, 0.25) is 0 Å². The lowest BCUT2D eigenvalue weighted by Crippen LogP contribution is -2.66. The molecule has 0 bridgehead atoms. The molecule has 0 saturated carbocycles. The first-order valence-corrected chi connectivity index (χ1v) is 8.21. The Morgan fingerprint density at radius 1 is 1.40 bits per heavy atom. The van der Waals surface area contributed by atoms with E-state index in [1.165, 1.54) is 5.69 Å². The molecule has 1 saturated heterocycles. The van der Waals surface area contributed by atoms with Gasteiger partial charge in [0.15, 0.2) is 4.96 Å². The maximum absolute atomic E-state index is 4.73. The molecule has 0 aromatic carbocycles. The van der Waals surface area contributed by atoms with Gasteiger partial charge >= 0.3 is 0 Å². The van der Waals surface area contributed by atoms with E-state index < -0.39 is 0 Å². The fourth-order valence-corrected chi connectivity index (χ4v) is 3.51. The fraction of sp³-hybridized carbons (Fsp3) is 0.667. The Labute approximate surface area is 124 Å². The van der Waals surface area contributed by atoms with Gasteiger partial charge in [0, 0.05) is 48.5 Å². The summed E-state index contributed by atoms with van der Waals surface area (Å²) >= 11 is 1.70. The van der Waals surface area contributed by atoms with Crippen LogP contribution in [0.1, 0.15) is 39.8 Å². The lowest BCUT2D eigenvalue weighted by molar-refractivity contribution is 0.0238.